The molecule has 6 heteroatoms. The molecule has 0 fully saturated rings. The number of halogens is 2. The zero-order chi connectivity index (χ0) is 38.6. The van der Waals surface area contributed by atoms with Crippen molar-refractivity contribution in [1.29, 1.82) is 10.5 Å². The Labute approximate surface area is 323 Å². The maximum atomic E-state index is 15.0. The van der Waals surface area contributed by atoms with Crippen LogP contribution in [0.25, 0.3) is 44.5 Å². The maximum Gasteiger partial charge on any atom is 0.131 e. The monoisotopic (exact) mass is 730 g/mol. The molecule has 276 valence electrons. The van der Waals surface area contributed by atoms with Crippen molar-refractivity contribution in [3.05, 3.63) is 155 Å². The summed E-state index contributed by atoms with van der Waals surface area (Å²) in [6.07, 6.45) is 7.75. The van der Waals surface area contributed by atoms with Crippen LogP contribution in [0.2, 0.25) is 0 Å². The van der Waals surface area contributed by atoms with Gasteiger partial charge in [0.25, 0.3) is 0 Å². The fraction of sp³-hybridized carbons (Fsp3) is 0.224. The van der Waals surface area contributed by atoms with Crippen LogP contribution in [0.1, 0.15) is 67.2 Å². The molecule has 0 N–H and O–H groups in total. The van der Waals surface area contributed by atoms with Gasteiger partial charge in [-0.2, -0.15) is 10.5 Å². The maximum absolute atomic E-state index is 15.0. The SMILES string of the molecule is Cc1cc(-c2ccc(-c3ccc(C#N)cc3)c(F)c2)ccc1OCCCCCCCCCOc1ccc(-c2ccc(-c3ccc(C#N)cc3)c(F)c2)cc1C. The van der Waals surface area contributed by atoms with Gasteiger partial charge in [0.05, 0.1) is 36.5 Å². The first-order valence-corrected chi connectivity index (χ1v) is 18.9. The van der Waals surface area contributed by atoms with Crippen molar-refractivity contribution in [2.45, 2.75) is 58.8 Å². The molecule has 0 bridgehead atoms. The van der Waals surface area contributed by atoms with Crippen LogP contribution in [0.4, 0.5) is 8.78 Å². The second-order valence-electron chi connectivity index (χ2n) is 13.9. The van der Waals surface area contributed by atoms with E-state index >= 15 is 8.78 Å². The number of hydrogen-bond donors (Lipinski definition) is 0. The van der Waals surface area contributed by atoms with Gasteiger partial charge < -0.3 is 9.47 Å². The minimum absolute atomic E-state index is 0.299. The predicted molar refractivity (Wildman–Crippen MR) is 217 cm³/mol. The third-order valence-electron chi connectivity index (χ3n) is 9.91. The molecule has 0 aliphatic heterocycles. The molecule has 0 saturated heterocycles. The molecule has 0 radical (unpaired) electrons. The predicted octanol–water partition coefficient (Wildman–Crippen LogP) is 13.2. The standard InChI is InChI=1S/C49H44F2N2O2/c1-34-28-40(42-18-22-44(46(50)30-42)38-14-10-36(32-52)11-15-38)20-24-48(34)54-26-8-6-4-3-5-7-9-27-55-49-25-21-41(29-35(49)2)43-19-23-45(47(51)31-43)39-16-12-37(33-53)13-17-39/h10-25,28-31H,3-9,26-27H2,1-2H3. The van der Waals surface area contributed by atoms with Crippen LogP contribution in [0.3, 0.4) is 0 Å². The third kappa shape index (κ3) is 10.0. The third-order valence-corrected chi connectivity index (χ3v) is 9.91. The number of rotatable bonds is 16. The topological polar surface area (TPSA) is 66.0 Å². The lowest BCUT2D eigenvalue weighted by Crippen LogP contribution is -2.00. The van der Waals surface area contributed by atoms with Crippen molar-refractivity contribution in [3.63, 3.8) is 0 Å². The Bertz CT molecular complexity index is 2150. The average Bonchev–Trinajstić information content (AvgIpc) is 3.21. The van der Waals surface area contributed by atoms with Crippen LogP contribution in [-0.4, -0.2) is 13.2 Å². The van der Waals surface area contributed by atoms with E-state index < -0.39 is 0 Å². The number of hydrogen-bond acceptors (Lipinski definition) is 4. The molecule has 0 saturated carbocycles. The lowest BCUT2D eigenvalue weighted by molar-refractivity contribution is 0.298. The molecule has 0 aliphatic rings. The van der Waals surface area contributed by atoms with Crippen LogP contribution in [0.5, 0.6) is 11.5 Å². The molecule has 0 heterocycles. The summed E-state index contributed by atoms with van der Waals surface area (Å²) >= 11 is 0. The van der Waals surface area contributed by atoms with E-state index in [1.165, 1.54) is 19.3 Å². The van der Waals surface area contributed by atoms with Crippen molar-refractivity contribution >= 4 is 0 Å². The van der Waals surface area contributed by atoms with Gasteiger partial charge in [0.2, 0.25) is 0 Å². The smallest absolute Gasteiger partial charge is 0.131 e. The molecule has 55 heavy (non-hydrogen) atoms. The van der Waals surface area contributed by atoms with Crippen LogP contribution in [-0.2, 0) is 0 Å². The van der Waals surface area contributed by atoms with Crippen molar-refractivity contribution in [2.24, 2.45) is 0 Å². The van der Waals surface area contributed by atoms with Gasteiger partial charge in [-0.1, -0.05) is 92.8 Å². The molecule has 0 atom stereocenters. The molecule has 0 unspecified atom stereocenters. The molecule has 6 aromatic carbocycles. The number of aryl methyl sites for hydroxylation is 2. The van der Waals surface area contributed by atoms with Gasteiger partial charge in [-0.05, 0) is 132 Å². The van der Waals surface area contributed by atoms with Gasteiger partial charge in [0.15, 0.2) is 0 Å². The van der Waals surface area contributed by atoms with E-state index in [-0.39, 0.29) is 11.6 Å². The zero-order valence-electron chi connectivity index (χ0n) is 31.4. The van der Waals surface area contributed by atoms with Crippen molar-refractivity contribution in [2.75, 3.05) is 13.2 Å². The van der Waals surface area contributed by atoms with Gasteiger partial charge in [-0.15, -0.1) is 0 Å². The first-order valence-electron chi connectivity index (χ1n) is 18.9. The van der Waals surface area contributed by atoms with E-state index in [1.807, 2.05) is 62.4 Å². The Kier molecular flexibility index (Phi) is 13.1. The Balaban J connectivity index is 0.856. The van der Waals surface area contributed by atoms with E-state index in [9.17, 15) is 0 Å². The number of benzene rings is 6. The average molecular weight is 731 g/mol. The van der Waals surface area contributed by atoms with E-state index in [0.717, 1.165) is 81.7 Å². The molecule has 4 nitrogen and oxygen atoms in total. The lowest BCUT2D eigenvalue weighted by Gasteiger charge is -2.12. The molecule has 6 aromatic rings. The molecule has 0 amide bonds. The summed E-state index contributed by atoms with van der Waals surface area (Å²) < 4.78 is 42.3. The summed E-state index contributed by atoms with van der Waals surface area (Å²) in [7, 11) is 0. The summed E-state index contributed by atoms with van der Waals surface area (Å²) in [4.78, 5) is 0. The largest absolute Gasteiger partial charge is 0.493 e. The summed E-state index contributed by atoms with van der Waals surface area (Å²) in [5, 5.41) is 18.0. The van der Waals surface area contributed by atoms with Crippen LogP contribution in [0.15, 0.2) is 121 Å². The van der Waals surface area contributed by atoms with E-state index in [1.54, 1.807) is 72.8 Å². The van der Waals surface area contributed by atoms with Gasteiger partial charge >= 0.3 is 0 Å². The quantitative estimate of drug-likeness (QED) is 0.0930. The van der Waals surface area contributed by atoms with Crippen LogP contribution in [0, 0.1) is 48.1 Å². The van der Waals surface area contributed by atoms with Crippen molar-refractivity contribution in [1.82, 2.24) is 0 Å². The van der Waals surface area contributed by atoms with Crippen LogP contribution < -0.4 is 9.47 Å². The summed E-state index contributed by atoms with van der Waals surface area (Å²) in [6, 6.07) is 40.5. The van der Waals surface area contributed by atoms with Crippen molar-refractivity contribution in [3.8, 4) is 68.1 Å². The lowest BCUT2D eigenvalue weighted by atomic mass is 9.98. The second kappa shape index (κ2) is 18.7. The molecular formula is C49H44F2N2O2. The fourth-order valence-electron chi connectivity index (χ4n) is 6.74. The molecule has 0 spiro atoms. The Morgan fingerprint density at radius 3 is 1.09 bits per heavy atom. The fourth-order valence-corrected chi connectivity index (χ4v) is 6.74. The second-order valence-corrected chi connectivity index (χ2v) is 13.9. The Morgan fingerprint density at radius 2 is 0.745 bits per heavy atom. The first-order chi connectivity index (χ1) is 26.8. The molecule has 0 aromatic heterocycles. The number of unbranched alkanes of at least 4 members (excludes halogenated alkanes) is 6. The molecule has 6 rings (SSSR count). The van der Waals surface area contributed by atoms with E-state index in [4.69, 9.17) is 20.0 Å². The highest BCUT2D eigenvalue weighted by atomic mass is 19.1. The minimum atomic E-state index is -0.299. The highest BCUT2D eigenvalue weighted by Crippen LogP contribution is 2.33. The number of nitrogens with zero attached hydrogens (tertiary/aromatic N) is 2. The van der Waals surface area contributed by atoms with Gasteiger partial charge in [0, 0.05) is 11.1 Å². The first kappa shape index (κ1) is 38.5. The molecule has 0 aliphatic carbocycles. The minimum Gasteiger partial charge on any atom is -0.493 e. The Morgan fingerprint density at radius 1 is 0.418 bits per heavy atom. The van der Waals surface area contributed by atoms with E-state index in [2.05, 4.69) is 12.1 Å². The normalized spacial score (nSPS) is 10.8. The number of ether oxygens (including phenoxy) is 2. The highest BCUT2D eigenvalue weighted by Gasteiger charge is 2.11. The summed E-state index contributed by atoms with van der Waals surface area (Å²) in [5.74, 6) is 1.11. The van der Waals surface area contributed by atoms with Crippen LogP contribution >= 0.6 is 0 Å². The Hall–Kier alpha value is -6.24. The number of nitriles is 2. The summed E-state index contributed by atoms with van der Waals surface area (Å²) in [6.45, 7) is 5.37. The van der Waals surface area contributed by atoms with Gasteiger partial charge in [-0.25, -0.2) is 8.78 Å². The van der Waals surface area contributed by atoms with Gasteiger partial charge in [0.1, 0.15) is 23.1 Å². The van der Waals surface area contributed by atoms with Crippen molar-refractivity contribution < 1.29 is 18.3 Å². The van der Waals surface area contributed by atoms with Gasteiger partial charge in [-0.3, -0.25) is 0 Å². The molecular weight excluding hydrogens is 687 g/mol. The zero-order valence-corrected chi connectivity index (χ0v) is 31.4. The van der Waals surface area contributed by atoms with E-state index in [0.29, 0.717) is 35.5 Å². The highest BCUT2D eigenvalue weighted by molar-refractivity contribution is 5.73. The summed E-state index contributed by atoms with van der Waals surface area (Å²) in [5.41, 5.74) is 9.12.